The molecule has 0 saturated heterocycles. The Kier molecular flexibility index (Phi) is 6.14. The number of hydrogen-bond donors (Lipinski definition) is 1. The normalized spacial score (nSPS) is 13.0. The molecular formula is C27H23ClN4O2. The molecule has 0 unspecified atom stereocenters. The summed E-state index contributed by atoms with van der Waals surface area (Å²) in [6.45, 7) is 1.83. The van der Waals surface area contributed by atoms with Gasteiger partial charge in [-0.3, -0.25) is 14.3 Å². The second-order valence-electron chi connectivity index (χ2n) is 8.20. The van der Waals surface area contributed by atoms with Crippen molar-refractivity contribution in [1.82, 2.24) is 20.0 Å². The molecule has 2 heterocycles. The summed E-state index contributed by atoms with van der Waals surface area (Å²) < 4.78 is 1.61. The largest absolute Gasteiger partial charge is 0.347 e. The van der Waals surface area contributed by atoms with Crippen LogP contribution in [-0.2, 0) is 19.6 Å². The summed E-state index contributed by atoms with van der Waals surface area (Å²) in [5.41, 5.74) is 4.80. The van der Waals surface area contributed by atoms with Gasteiger partial charge in [0.2, 0.25) is 0 Å². The monoisotopic (exact) mass is 470 g/mol. The van der Waals surface area contributed by atoms with Gasteiger partial charge < -0.3 is 10.2 Å². The van der Waals surface area contributed by atoms with Crippen LogP contribution in [0, 0.1) is 0 Å². The van der Waals surface area contributed by atoms with Gasteiger partial charge in [0.25, 0.3) is 11.8 Å². The van der Waals surface area contributed by atoms with E-state index >= 15 is 0 Å². The average Bonchev–Trinajstić information content (AvgIpc) is 3.32. The number of fused-ring (bicyclic) bond motifs is 1. The minimum Gasteiger partial charge on any atom is -0.347 e. The Bertz CT molecular complexity index is 1330. The Labute approximate surface area is 202 Å². The lowest BCUT2D eigenvalue weighted by molar-refractivity contribution is 0.0683. The fourth-order valence-electron chi connectivity index (χ4n) is 4.05. The molecule has 1 aromatic heterocycles. The number of aromatic nitrogens is 2. The highest BCUT2D eigenvalue weighted by Crippen LogP contribution is 2.22. The molecule has 0 aliphatic carbocycles. The SMILES string of the molecule is O=C(NCc1ccc(-c2ccccc2)cc1)c1cc2n(n1)CCN(Cc1ccccc1Cl)C2=O. The van der Waals surface area contributed by atoms with E-state index in [0.717, 1.165) is 22.3 Å². The quantitative estimate of drug-likeness (QED) is 0.440. The first kappa shape index (κ1) is 21.9. The first-order chi connectivity index (χ1) is 16.6. The Morgan fingerprint density at radius 1 is 0.912 bits per heavy atom. The molecule has 1 aliphatic rings. The molecule has 1 N–H and O–H groups in total. The average molecular weight is 471 g/mol. The number of carbonyl (C=O) groups is 2. The van der Waals surface area contributed by atoms with Gasteiger partial charge in [-0.25, -0.2) is 0 Å². The van der Waals surface area contributed by atoms with Crippen LogP contribution < -0.4 is 5.32 Å². The summed E-state index contributed by atoms with van der Waals surface area (Å²) in [7, 11) is 0. The molecule has 6 nitrogen and oxygen atoms in total. The molecule has 3 aromatic carbocycles. The van der Waals surface area contributed by atoms with Gasteiger partial charge in [0, 0.05) is 30.7 Å². The standard InChI is InChI=1S/C27H23ClN4O2/c28-23-9-5-4-8-22(23)18-31-14-15-32-25(27(31)34)16-24(30-32)26(33)29-17-19-10-12-21(13-11-19)20-6-2-1-3-7-20/h1-13,16H,14-15,17-18H2,(H,29,33). The maximum absolute atomic E-state index is 13.0. The second-order valence-corrected chi connectivity index (χ2v) is 8.61. The van der Waals surface area contributed by atoms with Gasteiger partial charge in [0.1, 0.15) is 5.69 Å². The number of benzene rings is 3. The summed E-state index contributed by atoms with van der Waals surface area (Å²) in [5, 5.41) is 7.89. The van der Waals surface area contributed by atoms with E-state index in [0.29, 0.717) is 36.9 Å². The maximum atomic E-state index is 13.0. The first-order valence-electron chi connectivity index (χ1n) is 11.1. The van der Waals surface area contributed by atoms with Gasteiger partial charge in [0.15, 0.2) is 5.69 Å². The van der Waals surface area contributed by atoms with E-state index in [-0.39, 0.29) is 17.5 Å². The van der Waals surface area contributed by atoms with Crippen LogP contribution in [0.25, 0.3) is 11.1 Å². The van der Waals surface area contributed by atoms with Crippen molar-refractivity contribution in [2.24, 2.45) is 0 Å². The number of hydrogen-bond acceptors (Lipinski definition) is 3. The summed E-state index contributed by atoms with van der Waals surface area (Å²) >= 11 is 6.25. The molecule has 0 radical (unpaired) electrons. The Balaban J connectivity index is 1.22. The summed E-state index contributed by atoms with van der Waals surface area (Å²) in [6, 6.07) is 27.3. The number of nitrogens with one attached hydrogen (secondary N) is 1. The molecule has 170 valence electrons. The van der Waals surface area contributed by atoms with Gasteiger partial charge in [-0.05, 0) is 28.3 Å². The molecule has 0 spiro atoms. The molecule has 2 amide bonds. The van der Waals surface area contributed by atoms with Crippen LogP contribution in [0.2, 0.25) is 5.02 Å². The molecule has 5 rings (SSSR count). The van der Waals surface area contributed by atoms with E-state index < -0.39 is 0 Å². The van der Waals surface area contributed by atoms with Gasteiger partial charge in [-0.1, -0.05) is 84.4 Å². The van der Waals surface area contributed by atoms with E-state index in [1.807, 2.05) is 66.7 Å². The van der Waals surface area contributed by atoms with E-state index in [9.17, 15) is 9.59 Å². The summed E-state index contributed by atoms with van der Waals surface area (Å²) in [6.07, 6.45) is 0. The zero-order valence-corrected chi connectivity index (χ0v) is 19.2. The smallest absolute Gasteiger partial charge is 0.272 e. The van der Waals surface area contributed by atoms with Gasteiger partial charge in [-0.2, -0.15) is 5.10 Å². The zero-order chi connectivity index (χ0) is 23.5. The van der Waals surface area contributed by atoms with Crippen LogP contribution in [0.15, 0.2) is 84.9 Å². The van der Waals surface area contributed by atoms with E-state index in [4.69, 9.17) is 11.6 Å². The number of carbonyl (C=O) groups excluding carboxylic acids is 2. The zero-order valence-electron chi connectivity index (χ0n) is 18.4. The Morgan fingerprint density at radius 2 is 1.62 bits per heavy atom. The predicted octanol–water partition coefficient (Wildman–Crippen LogP) is 4.79. The molecule has 0 bridgehead atoms. The minimum absolute atomic E-state index is 0.158. The number of rotatable bonds is 6. The fraction of sp³-hybridized carbons (Fsp3) is 0.148. The molecule has 4 aromatic rings. The third-order valence-corrected chi connectivity index (χ3v) is 6.30. The third-order valence-electron chi connectivity index (χ3n) is 5.93. The topological polar surface area (TPSA) is 67.2 Å². The molecule has 0 atom stereocenters. The predicted molar refractivity (Wildman–Crippen MR) is 131 cm³/mol. The van der Waals surface area contributed by atoms with Crippen molar-refractivity contribution in [3.8, 4) is 11.1 Å². The van der Waals surface area contributed by atoms with Gasteiger partial charge in [-0.15, -0.1) is 0 Å². The van der Waals surface area contributed by atoms with Gasteiger partial charge in [0.05, 0.1) is 6.54 Å². The van der Waals surface area contributed by atoms with Crippen LogP contribution >= 0.6 is 11.6 Å². The molecule has 0 fully saturated rings. The molecule has 0 saturated carbocycles. The molecule has 7 heteroatoms. The van der Waals surface area contributed by atoms with Crippen molar-refractivity contribution in [2.75, 3.05) is 6.54 Å². The lowest BCUT2D eigenvalue weighted by Crippen LogP contribution is -2.39. The van der Waals surface area contributed by atoms with E-state index in [1.165, 1.54) is 0 Å². The Morgan fingerprint density at radius 3 is 2.38 bits per heavy atom. The van der Waals surface area contributed by atoms with Crippen molar-refractivity contribution in [1.29, 1.82) is 0 Å². The summed E-state index contributed by atoms with van der Waals surface area (Å²) in [4.78, 5) is 27.4. The minimum atomic E-state index is -0.306. The lowest BCUT2D eigenvalue weighted by atomic mass is 10.0. The van der Waals surface area contributed by atoms with Crippen LogP contribution in [0.3, 0.4) is 0 Å². The van der Waals surface area contributed by atoms with Crippen molar-refractivity contribution in [2.45, 2.75) is 19.6 Å². The third kappa shape index (κ3) is 4.58. The van der Waals surface area contributed by atoms with Crippen molar-refractivity contribution < 1.29 is 9.59 Å². The van der Waals surface area contributed by atoms with Crippen LogP contribution in [0.5, 0.6) is 0 Å². The highest BCUT2D eigenvalue weighted by molar-refractivity contribution is 6.31. The van der Waals surface area contributed by atoms with E-state index in [2.05, 4.69) is 22.5 Å². The van der Waals surface area contributed by atoms with E-state index in [1.54, 1.807) is 15.6 Å². The molecule has 1 aliphatic heterocycles. The number of halogens is 1. The van der Waals surface area contributed by atoms with Crippen LogP contribution in [0.1, 0.15) is 32.1 Å². The van der Waals surface area contributed by atoms with Crippen molar-refractivity contribution in [3.05, 3.63) is 112 Å². The van der Waals surface area contributed by atoms with Crippen molar-refractivity contribution in [3.63, 3.8) is 0 Å². The van der Waals surface area contributed by atoms with Crippen molar-refractivity contribution >= 4 is 23.4 Å². The molecular weight excluding hydrogens is 448 g/mol. The highest BCUT2D eigenvalue weighted by Gasteiger charge is 2.28. The number of amides is 2. The summed E-state index contributed by atoms with van der Waals surface area (Å²) in [5.74, 6) is -0.464. The van der Waals surface area contributed by atoms with Crippen LogP contribution in [0.4, 0.5) is 0 Å². The lowest BCUT2D eigenvalue weighted by Gasteiger charge is -2.27. The van der Waals surface area contributed by atoms with Gasteiger partial charge >= 0.3 is 0 Å². The fourth-order valence-corrected chi connectivity index (χ4v) is 4.25. The Hall–Kier alpha value is -3.90. The maximum Gasteiger partial charge on any atom is 0.272 e. The number of nitrogens with zero attached hydrogens (tertiary/aromatic N) is 3. The highest BCUT2D eigenvalue weighted by atomic mass is 35.5. The first-order valence-corrected chi connectivity index (χ1v) is 11.5. The molecule has 34 heavy (non-hydrogen) atoms. The van der Waals surface area contributed by atoms with Crippen LogP contribution in [-0.4, -0.2) is 33.0 Å². The second kappa shape index (κ2) is 9.53.